The molecule has 76 valence electrons. The van der Waals surface area contributed by atoms with Crippen molar-refractivity contribution in [1.29, 1.82) is 0 Å². The predicted octanol–water partition coefficient (Wildman–Crippen LogP) is -0.397. The van der Waals surface area contributed by atoms with Crippen LogP contribution >= 0.6 is 0 Å². The Hall–Kier alpha value is -1.69. The summed E-state index contributed by atoms with van der Waals surface area (Å²) in [6.07, 6.45) is 2.55. The van der Waals surface area contributed by atoms with Gasteiger partial charge in [-0.1, -0.05) is 0 Å². The Balaban J connectivity index is 2.77. The molecule has 1 aromatic rings. The average molecular weight is 197 g/mol. The summed E-state index contributed by atoms with van der Waals surface area (Å²) in [5.74, 6) is -0.571. The second-order valence-corrected chi connectivity index (χ2v) is 2.71. The number of likely N-dealkylation sites (N-methyl/N-ethyl adjacent to an activating group) is 1. The number of aliphatic hydroxyl groups excluding tert-OH is 1. The van der Waals surface area contributed by atoms with Crippen molar-refractivity contribution in [1.82, 2.24) is 9.97 Å². The van der Waals surface area contributed by atoms with Gasteiger partial charge in [0.25, 0.3) is 0 Å². The van der Waals surface area contributed by atoms with Crippen molar-refractivity contribution in [3.05, 3.63) is 18.1 Å². The number of anilines is 1. The van der Waals surface area contributed by atoms with Gasteiger partial charge in [-0.3, -0.25) is 0 Å². The first-order chi connectivity index (χ1) is 6.65. The number of aliphatic hydroxyl groups is 1. The second kappa shape index (κ2) is 4.52. The molecule has 0 aliphatic carbocycles. The molecule has 0 aliphatic rings. The number of carbonyl (C=O) groups is 1. The van der Waals surface area contributed by atoms with E-state index in [0.717, 1.165) is 0 Å². The van der Waals surface area contributed by atoms with Crippen molar-refractivity contribution in [2.24, 2.45) is 0 Å². The van der Waals surface area contributed by atoms with Gasteiger partial charge < -0.3 is 15.1 Å². The summed E-state index contributed by atoms with van der Waals surface area (Å²) in [6, 6.07) is 0. The van der Waals surface area contributed by atoms with E-state index >= 15 is 0 Å². The lowest BCUT2D eigenvalue weighted by Crippen LogP contribution is -2.22. The number of nitrogens with zero attached hydrogens (tertiary/aromatic N) is 3. The quantitative estimate of drug-likeness (QED) is 0.683. The maximum Gasteiger partial charge on any atom is 0.356 e. The number of carboxylic acids is 1. The van der Waals surface area contributed by atoms with Gasteiger partial charge in [0.2, 0.25) is 0 Å². The van der Waals surface area contributed by atoms with Crippen LogP contribution in [0.4, 0.5) is 5.82 Å². The molecule has 6 heteroatoms. The van der Waals surface area contributed by atoms with Crippen LogP contribution in [0.3, 0.4) is 0 Å². The largest absolute Gasteiger partial charge is 0.476 e. The molecular formula is C8H11N3O3. The first-order valence-corrected chi connectivity index (χ1v) is 4.02. The van der Waals surface area contributed by atoms with Crippen molar-refractivity contribution >= 4 is 11.8 Å². The Morgan fingerprint density at radius 1 is 1.50 bits per heavy atom. The molecule has 0 aromatic carbocycles. The van der Waals surface area contributed by atoms with E-state index in [0.29, 0.717) is 12.4 Å². The highest BCUT2D eigenvalue weighted by Gasteiger charge is 2.06. The molecule has 0 spiro atoms. The van der Waals surface area contributed by atoms with E-state index in [-0.39, 0.29) is 12.3 Å². The number of rotatable bonds is 4. The van der Waals surface area contributed by atoms with E-state index in [1.807, 2.05) is 0 Å². The number of aromatic nitrogens is 2. The highest BCUT2D eigenvalue weighted by atomic mass is 16.4. The van der Waals surface area contributed by atoms with Crippen molar-refractivity contribution in [3.63, 3.8) is 0 Å². The third-order valence-electron chi connectivity index (χ3n) is 1.68. The molecule has 0 fully saturated rings. The van der Waals surface area contributed by atoms with Gasteiger partial charge in [-0.2, -0.15) is 0 Å². The Morgan fingerprint density at radius 3 is 2.64 bits per heavy atom. The summed E-state index contributed by atoms with van der Waals surface area (Å²) in [4.78, 5) is 19.7. The van der Waals surface area contributed by atoms with Crippen LogP contribution < -0.4 is 4.90 Å². The third-order valence-corrected chi connectivity index (χ3v) is 1.68. The van der Waals surface area contributed by atoms with E-state index in [1.165, 1.54) is 12.4 Å². The average Bonchev–Trinajstić information content (AvgIpc) is 2.18. The van der Waals surface area contributed by atoms with Gasteiger partial charge >= 0.3 is 5.97 Å². The molecule has 0 atom stereocenters. The molecule has 1 heterocycles. The fourth-order valence-corrected chi connectivity index (χ4v) is 0.893. The van der Waals surface area contributed by atoms with Crippen molar-refractivity contribution in [2.45, 2.75) is 0 Å². The summed E-state index contributed by atoms with van der Waals surface area (Å²) in [6.45, 7) is 0.444. The number of aromatic carboxylic acids is 1. The number of hydrogen-bond acceptors (Lipinski definition) is 5. The lowest BCUT2D eigenvalue weighted by molar-refractivity contribution is 0.0690. The van der Waals surface area contributed by atoms with E-state index in [9.17, 15) is 4.79 Å². The zero-order valence-electron chi connectivity index (χ0n) is 7.71. The van der Waals surface area contributed by atoms with E-state index in [4.69, 9.17) is 10.2 Å². The Bertz CT molecular complexity index is 312. The molecule has 2 N–H and O–H groups in total. The zero-order chi connectivity index (χ0) is 10.6. The van der Waals surface area contributed by atoms with E-state index in [1.54, 1.807) is 11.9 Å². The van der Waals surface area contributed by atoms with E-state index in [2.05, 4.69) is 9.97 Å². The Labute approximate surface area is 80.8 Å². The summed E-state index contributed by atoms with van der Waals surface area (Å²) in [7, 11) is 1.74. The highest BCUT2D eigenvalue weighted by Crippen LogP contribution is 2.05. The van der Waals surface area contributed by atoms with Crippen LogP contribution in [-0.2, 0) is 0 Å². The van der Waals surface area contributed by atoms with Gasteiger partial charge in [-0.05, 0) is 0 Å². The maximum atomic E-state index is 10.5. The molecule has 0 saturated carbocycles. The number of carboxylic acid groups (broad SMARTS) is 1. The summed E-state index contributed by atoms with van der Waals surface area (Å²) in [5, 5.41) is 17.2. The number of hydrogen-bond donors (Lipinski definition) is 2. The van der Waals surface area contributed by atoms with Crippen molar-refractivity contribution < 1.29 is 15.0 Å². The predicted molar refractivity (Wildman–Crippen MR) is 49.3 cm³/mol. The molecule has 1 rings (SSSR count). The third kappa shape index (κ3) is 2.40. The monoisotopic (exact) mass is 197 g/mol. The SMILES string of the molecule is CN(CCO)c1cnc(C(=O)O)cn1. The van der Waals surface area contributed by atoms with Crippen LogP contribution in [0.2, 0.25) is 0 Å². The smallest absolute Gasteiger partial charge is 0.356 e. The van der Waals surface area contributed by atoms with Crippen LogP contribution in [0.5, 0.6) is 0 Å². The fraction of sp³-hybridized carbons (Fsp3) is 0.375. The van der Waals surface area contributed by atoms with Crippen LogP contribution in [0.1, 0.15) is 10.5 Å². The molecule has 0 aliphatic heterocycles. The minimum atomic E-state index is -1.10. The van der Waals surface area contributed by atoms with Crippen LogP contribution in [0.15, 0.2) is 12.4 Å². The maximum absolute atomic E-state index is 10.5. The van der Waals surface area contributed by atoms with Gasteiger partial charge in [0.1, 0.15) is 5.82 Å². The summed E-state index contributed by atoms with van der Waals surface area (Å²) >= 11 is 0. The van der Waals surface area contributed by atoms with Gasteiger partial charge in [-0.15, -0.1) is 0 Å². The summed E-state index contributed by atoms with van der Waals surface area (Å²) < 4.78 is 0. The van der Waals surface area contributed by atoms with Crippen LogP contribution in [0, 0.1) is 0 Å². The van der Waals surface area contributed by atoms with Crippen molar-refractivity contribution in [2.75, 3.05) is 25.1 Å². The molecule has 1 aromatic heterocycles. The minimum absolute atomic E-state index is 0.0128. The van der Waals surface area contributed by atoms with Gasteiger partial charge in [0.05, 0.1) is 19.0 Å². The molecule has 6 nitrogen and oxygen atoms in total. The first-order valence-electron chi connectivity index (χ1n) is 4.02. The van der Waals surface area contributed by atoms with E-state index < -0.39 is 5.97 Å². The lowest BCUT2D eigenvalue weighted by atomic mass is 10.4. The standard InChI is InChI=1S/C8H11N3O3/c1-11(2-3-12)7-5-9-6(4-10-7)8(13)14/h4-5,12H,2-3H2,1H3,(H,13,14). The van der Waals surface area contributed by atoms with Crippen LogP contribution in [0.25, 0.3) is 0 Å². The Morgan fingerprint density at radius 2 is 2.21 bits per heavy atom. The first kappa shape index (κ1) is 10.4. The van der Waals surface area contributed by atoms with Gasteiger partial charge in [0, 0.05) is 13.6 Å². The Kier molecular flexibility index (Phi) is 3.35. The zero-order valence-corrected chi connectivity index (χ0v) is 7.71. The molecule has 0 saturated heterocycles. The normalized spacial score (nSPS) is 9.86. The van der Waals surface area contributed by atoms with Gasteiger partial charge in [-0.25, -0.2) is 14.8 Å². The minimum Gasteiger partial charge on any atom is -0.476 e. The van der Waals surface area contributed by atoms with Crippen molar-refractivity contribution in [3.8, 4) is 0 Å². The van der Waals surface area contributed by atoms with Gasteiger partial charge in [0.15, 0.2) is 5.69 Å². The van der Waals surface area contributed by atoms with Crippen LogP contribution in [-0.4, -0.2) is 46.3 Å². The lowest BCUT2D eigenvalue weighted by Gasteiger charge is -2.15. The molecule has 0 bridgehead atoms. The highest BCUT2D eigenvalue weighted by molar-refractivity contribution is 5.84. The molecule has 0 unspecified atom stereocenters. The molecule has 0 radical (unpaired) electrons. The molecular weight excluding hydrogens is 186 g/mol. The second-order valence-electron chi connectivity index (χ2n) is 2.71. The summed E-state index contributed by atoms with van der Waals surface area (Å²) in [5.41, 5.74) is -0.0915. The fourth-order valence-electron chi connectivity index (χ4n) is 0.893. The topological polar surface area (TPSA) is 86.5 Å². The molecule has 0 amide bonds. The molecule has 14 heavy (non-hydrogen) atoms.